The van der Waals surface area contributed by atoms with Gasteiger partial charge in [0.2, 0.25) is 11.0 Å². The lowest BCUT2D eigenvalue weighted by Crippen LogP contribution is -2.44. The molecule has 8 heteroatoms. The van der Waals surface area contributed by atoms with E-state index in [4.69, 9.17) is 5.73 Å². The van der Waals surface area contributed by atoms with Gasteiger partial charge in [0, 0.05) is 23.6 Å². The third-order valence-electron chi connectivity index (χ3n) is 2.18. The number of hydrogen-bond donors (Lipinski definition) is 2. The third-order valence-corrected chi connectivity index (χ3v) is 2.83. The van der Waals surface area contributed by atoms with Crippen LogP contribution in [-0.4, -0.2) is 21.4 Å². The summed E-state index contributed by atoms with van der Waals surface area (Å²) in [6, 6.07) is 0.284. The fourth-order valence-electron chi connectivity index (χ4n) is 1.35. The SMILES string of the molecule is NC1CC(Nc2nc(C(F)(F)F)ns2)C1. The van der Waals surface area contributed by atoms with Crippen LogP contribution < -0.4 is 11.1 Å². The van der Waals surface area contributed by atoms with Gasteiger partial charge in [-0.2, -0.15) is 22.5 Å². The molecule has 0 bridgehead atoms. The normalized spacial score (nSPS) is 26.1. The molecule has 1 saturated carbocycles. The summed E-state index contributed by atoms with van der Waals surface area (Å²) in [5, 5.41) is 3.07. The van der Waals surface area contributed by atoms with Crippen molar-refractivity contribution in [2.45, 2.75) is 31.1 Å². The summed E-state index contributed by atoms with van der Waals surface area (Å²) in [5.74, 6) is -1.08. The first-order valence-electron chi connectivity index (χ1n) is 4.38. The molecule has 1 aliphatic carbocycles. The van der Waals surface area contributed by atoms with Crippen molar-refractivity contribution in [1.29, 1.82) is 0 Å². The molecule has 1 heterocycles. The van der Waals surface area contributed by atoms with E-state index in [9.17, 15) is 13.2 Å². The molecule has 1 aromatic rings. The lowest BCUT2D eigenvalue weighted by Gasteiger charge is -2.32. The highest BCUT2D eigenvalue weighted by Crippen LogP contribution is 2.30. The Morgan fingerprint density at radius 2 is 2.07 bits per heavy atom. The van der Waals surface area contributed by atoms with E-state index in [1.807, 2.05) is 0 Å². The second-order valence-corrected chi connectivity index (χ2v) is 4.25. The average Bonchev–Trinajstić information content (AvgIpc) is 2.49. The van der Waals surface area contributed by atoms with E-state index >= 15 is 0 Å². The molecule has 1 aliphatic rings. The summed E-state index contributed by atoms with van der Waals surface area (Å²) >= 11 is 0.722. The van der Waals surface area contributed by atoms with Crippen molar-refractivity contribution in [3.63, 3.8) is 0 Å². The van der Waals surface area contributed by atoms with E-state index in [1.165, 1.54) is 0 Å². The van der Waals surface area contributed by atoms with Crippen LogP contribution >= 0.6 is 11.5 Å². The van der Waals surface area contributed by atoms with Gasteiger partial charge < -0.3 is 11.1 Å². The van der Waals surface area contributed by atoms with Crippen LogP contribution in [0.2, 0.25) is 0 Å². The Morgan fingerprint density at radius 3 is 2.53 bits per heavy atom. The average molecular weight is 238 g/mol. The van der Waals surface area contributed by atoms with E-state index < -0.39 is 12.0 Å². The van der Waals surface area contributed by atoms with E-state index in [-0.39, 0.29) is 17.2 Å². The molecule has 0 aliphatic heterocycles. The van der Waals surface area contributed by atoms with Gasteiger partial charge >= 0.3 is 6.18 Å². The van der Waals surface area contributed by atoms with Crippen LogP contribution in [0.5, 0.6) is 0 Å². The first-order chi connectivity index (χ1) is 6.95. The Morgan fingerprint density at radius 1 is 1.40 bits per heavy atom. The van der Waals surface area contributed by atoms with Gasteiger partial charge in [-0.1, -0.05) is 0 Å². The Labute approximate surface area is 87.9 Å². The molecule has 0 amide bonds. The second kappa shape index (κ2) is 3.60. The van der Waals surface area contributed by atoms with E-state index in [0.717, 1.165) is 24.4 Å². The van der Waals surface area contributed by atoms with E-state index in [2.05, 4.69) is 14.7 Å². The zero-order valence-corrected chi connectivity index (χ0v) is 8.40. The predicted octanol–water partition coefficient (Wildman–Crippen LogP) is 1.46. The fraction of sp³-hybridized carbons (Fsp3) is 0.714. The molecule has 0 spiro atoms. The summed E-state index contributed by atoms with van der Waals surface area (Å²) in [6.07, 6.45) is -2.94. The molecule has 1 aromatic heterocycles. The zero-order chi connectivity index (χ0) is 11.1. The van der Waals surface area contributed by atoms with Crippen molar-refractivity contribution in [3.05, 3.63) is 5.82 Å². The zero-order valence-electron chi connectivity index (χ0n) is 7.58. The van der Waals surface area contributed by atoms with Crippen molar-refractivity contribution in [2.24, 2.45) is 5.73 Å². The van der Waals surface area contributed by atoms with Crippen molar-refractivity contribution in [2.75, 3.05) is 5.32 Å². The summed E-state index contributed by atoms with van der Waals surface area (Å²) in [6.45, 7) is 0. The monoisotopic (exact) mass is 238 g/mol. The topological polar surface area (TPSA) is 63.8 Å². The lowest BCUT2D eigenvalue weighted by molar-refractivity contribution is -0.144. The van der Waals surface area contributed by atoms with Gasteiger partial charge in [0.15, 0.2) is 0 Å². The first-order valence-corrected chi connectivity index (χ1v) is 5.15. The van der Waals surface area contributed by atoms with Crippen LogP contribution in [-0.2, 0) is 6.18 Å². The molecule has 0 aromatic carbocycles. The second-order valence-electron chi connectivity index (χ2n) is 3.49. The van der Waals surface area contributed by atoms with Crippen molar-refractivity contribution in [3.8, 4) is 0 Å². The number of alkyl halides is 3. The van der Waals surface area contributed by atoms with Crippen LogP contribution in [0.1, 0.15) is 18.7 Å². The Kier molecular flexibility index (Phi) is 2.55. The number of rotatable bonds is 2. The first kappa shape index (κ1) is 10.6. The number of hydrogen-bond acceptors (Lipinski definition) is 5. The van der Waals surface area contributed by atoms with Crippen molar-refractivity contribution in [1.82, 2.24) is 9.36 Å². The van der Waals surface area contributed by atoms with Gasteiger partial charge in [-0.05, 0) is 12.8 Å². The summed E-state index contributed by atoms with van der Waals surface area (Å²) in [5.41, 5.74) is 5.54. The number of nitrogens with two attached hydrogens (primary N) is 1. The molecule has 0 atom stereocenters. The quantitative estimate of drug-likeness (QED) is 0.818. The van der Waals surface area contributed by atoms with Crippen LogP contribution in [0.3, 0.4) is 0 Å². The Hall–Kier alpha value is -0.890. The highest BCUT2D eigenvalue weighted by atomic mass is 32.1. The van der Waals surface area contributed by atoms with Gasteiger partial charge in [0.05, 0.1) is 0 Å². The summed E-state index contributed by atoms with van der Waals surface area (Å²) in [7, 11) is 0. The maximum absolute atomic E-state index is 12.1. The number of aromatic nitrogens is 2. The number of anilines is 1. The molecule has 15 heavy (non-hydrogen) atoms. The molecule has 4 nitrogen and oxygen atoms in total. The molecular weight excluding hydrogens is 229 g/mol. The lowest BCUT2D eigenvalue weighted by atomic mass is 9.88. The van der Waals surface area contributed by atoms with E-state index in [1.54, 1.807) is 0 Å². The molecule has 3 N–H and O–H groups in total. The standard InChI is InChI=1S/C7H9F3N4S/c8-7(9,10)5-13-6(15-14-5)12-4-1-3(11)2-4/h3-4H,1-2,11H2,(H,12,13,14). The maximum Gasteiger partial charge on any atom is 0.452 e. The minimum absolute atomic E-state index is 0.133. The van der Waals surface area contributed by atoms with Gasteiger partial charge in [-0.25, -0.2) is 0 Å². The van der Waals surface area contributed by atoms with Crippen molar-refractivity contribution < 1.29 is 13.2 Å². The van der Waals surface area contributed by atoms with Crippen LogP contribution in [0.15, 0.2) is 0 Å². The third kappa shape index (κ3) is 2.37. The van der Waals surface area contributed by atoms with Gasteiger partial charge in [0.25, 0.3) is 0 Å². The largest absolute Gasteiger partial charge is 0.452 e. The minimum atomic E-state index is -4.47. The number of nitrogens with zero attached hydrogens (tertiary/aromatic N) is 2. The molecule has 0 radical (unpaired) electrons. The summed E-state index contributed by atoms with van der Waals surface area (Å²) in [4.78, 5) is 3.36. The molecule has 2 rings (SSSR count). The maximum atomic E-state index is 12.1. The smallest absolute Gasteiger partial charge is 0.357 e. The molecule has 0 saturated heterocycles. The fourth-order valence-corrected chi connectivity index (χ4v) is 2.02. The number of halogens is 3. The minimum Gasteiger partial charge on any atom is -0.357 e. The van der Waals surface area contributed by atoms with Crippen LogP contribution in [0.4, 0.5) is 18.3 Å². The number of nitrogens with one attached hydrogen (secondary N) is 1. The van der Waals surface area contributed by atoms with Gasteiger partial charge in [-0.15, -0.1) is 0 Å². The van der Waals surface area contributed by atoms with Gasteiger partial charge in [0.1, 0.15) is 0 Å². The molecule has 84 valence electrons. The highest BCUT2D eigenvalue weighted by molar-refractivity contribution is 7.09. The van der Waals surface area contributed by atoms with E-state index in [0.29, 0.717) is 0 Å². The molecule has 0 unspecified atom stereocenters. The molecule has 1 fully saturated rings. The van der Waals surface area contributed by atoms with Crippen molar-refractivity contribution >= 4 is 16.7 Å². The molecular formula is C7H9F3N4S. The highest BCUT2D eigenvalue weighted by Gasteiger charge is 2.36. The summed E-state index contributed by atoms with van der Waals surface area (Å²) < 4.78 is 39.6. The van der Waals surface area contributed by atoms with Crippen LogP contribution in [0, 0.1) is 0 Å². The Bertz CT molecular complexity index is 344. The van der Waals surface area contributed by atoms with Crippen LogP contribution in [0.25, 0.3) is 0 Å². The Balaban J connectivity index is 1.96. The van der Waals surface area contributed by atoms with Gasteiger partial charge in [-0.3, -0.25) is 0 Å². The predicted molar refractivity (Wildman–Crippen MR) is 49.5 cm³/mol.